The molecule has 5 heteroatoms. The molecule has 0 radical (unpaired) electrons. The summed E-state index contributed by atoms with van der Waals surface area (Å²) in [6.07, 6.45) is 0. The Kier molecular flexibility index (Phi) is 4.99. The van der Waals surface area contributed by atoms with E-state index in [4.69, 9.17) is 0 Å². The number of amides is 1. The van der Waals surface area contributed by atoms with Gasteiger partial charge in [0, 0.05) is 5.69 Å². The van der Waals surface area contributed by atoms with E-state index >= 15 is 0 Å². The second kappa shape index (κ2) is 8.24. The number of nitrogens with zero attached hydrogens (tertiary/aromatic N) is 3. The fraction of sp³-hybridized carbons (Fsp3) is 0.0385. The van der Waals surface area contributed by atoms with Gasteiger partial charge in [-0.05, 0) is 41.5 Å². The van der Waals surface area contributed by atoms with E-state index < -0.39 is 5.92 Å². The molecular formula is C26H20N4O. The summed E-state index contributed by atoms with van der Waals surface area (Å²) in [5.41, 5.74) is 4.96. The lowest BCUT2D eigenvalue weighted by molar-refractivity contribution is -0.116. The Morgan fingerprint density at radius 3 is 1.84 bits per heavy atom. The van der Waals surface area contributed by atoms with Crippen molar-refractivity contribution in [2.45, 2.75) is 5.92 Å². The van der Waals surface area contributed by atoms with Crippen LogP contribution >= 0.6 is 0 Å². The normalized spacial score (nSPS) is 11.0. The molecule has 4 aromatic carbocycles. The first-order valence-electron chi connectivity index (χ1n) is 10.1. The van der Waals surface area contributed by atoms with E-state index in [1.165, 1.54) is 0 Å². The van der Waals surface area contributed by atoms with Crippen LogP contribution in [0.2, 0.25) is 0 Å². The van der Waals surface area contributed by atoms with Crippen molar-refractivity contribution in [2.75, 3.05) is 5.32 Å². The minimum atomic E-state index is -0.405. The molecule has 1 aromatic heterocycles. The number of fused-ring (bicyclic) bond motifs is 1. The van der Waals surface area contributed by atoms with Crippen LogP contribution in [-0.4, -0.2) is 20.9 Å². The van der Waals surface area contributed by atoms with Gasteiger partial charge in [0.25, 0.3) is 0 Å². The fourth-order valence-corrected chi connectivity index (χ4v) is 3.67. The van der Waals surface area contributed by atoms with Crippen molar-refractivity contribution in [1.82, 2.24) is 15.0 Å². The Morgan fingerprint density at radius 2 is 1.23 bits per heavy atom. The van der Waals surface area contributed by atoms with Gasteiger partial charge in [-0.25, -0.2) is 0 Å². The lowest BCUT2D eigenvalue weighted by Crippen LogP contribution is -2.22. The highest BCUT2D eigenvalue weighted by molar-refractivity contribution is 5.99. The molecule has 150 valence electrons. The standard InChI is InChI=1S/C26H20N4O/c31-26(25(19-10-4-1-5-11-19)20-12-6-2-7-13-20)27-21-16-17-23-24(18-21)29-30(28-23)22-14-8-3-9-15-22/h1-18,25H,(H,27,31). The molecule has 5 rings (SSSR count). The average molecular weight is 404 g/mol. The van der Waals surface area contributed by atoms with E-state index in [-0.39, 0.29) is 5.91 Å². The highest BCUT2D eigenvalue weighted by Gasteiger charge is 2.22. The Balaban J connectivity index is 1.45. The molecule has 1 amide bonds. The molecule has 0 bridgehead atoms. The monoisotopic (exact) mass is 404 g/mol. The van der Waals surface area contributed by atoms with Gasteiger partial charge in [0.15, 0.2) is 0 Å². The van der Waals surface area contributed by atoms with Gasteiger partial charge in [-0.1, -0.05) is 78.9 Å². The summed E-state index contributed by atoms with van der Waals surface area (Å²) < 4.78 is 0. The topological polar surface area (TPSA) is 59.8 Å². The maximum atomic E-state index is 13.3. The molecule has 0 aliphatic rings. The molecule has 0 atom stereocenters. The quantitative estimate of drug-likeness (QED) is 0.438. The number of nitrogens with one attached hydrogen (secondary N) is 1. The van der Waals surface area contributed by atoms with Gasteiger partial charge >= 0.3 is 0 Å². The number of rotatable bonds is 5. The zero-order chi connectivity index (χ0) is 21.0. The first-order valence-corrected chi connectivity index (χ1v) is 10.1. The van der Waals surface area contributed by atoms with E-state index in [2.05, 4.69) is 15.5 Å². The molecule has 1 N–H and O–H groups in total. The van der Waals surface area contributed by atoms with Crippen LogP contribution < -0.4 is 5.32 Å². The third-order valence-electron chi connectivity index (χ3n) is 5.16. The molecule has 5 nitrogen and oxygen atoms in total. The summed E-state index contributed by atoms with van der Waals surface area (Å²) in [6.45, 7) is 0. The molecule has 0 saturated heterocycles. The smallest absolute Gasteiger partial charge is 0.236 e. The molecule has 5 aromatic rings. The number of anilines is 1. The highest BCUT2D eigenvalue weighted by Crippen LogP contribution is 2.27. The van der Waals surface area contributed by atoms with Crippen LogP contribution in [0.5, 0.6) is 0 Å². The van der Waals surface area contributed by atoms with E-state index in [1.54, 1.807) is 4.80 Å². The molecule has 0 unspecified atom stereocenters. The maximum Gasteiger partial charge on any atom is 0.236 e. The van der Waals surface area contributed by atoms with E-state index in [9.17, 15) is 4.79 Å². The third kappa shape index (κ3) is 3.94. The summed E-state index contributed by atoms with van der Waals surface area (Å²) in [7, 11) is 0. The largest absolute Gasteiger partial charge is 0.325 e. The summed E-state index contributed by atoms with van der Waals surface area (Å²) in [4.78, 5) is 14.9. The van der Waals surface area contributed by atoms with Gasteiger partial charge < -0.3 is 5.32 Å². The summed E-state index contributed by atoms with van der Waals surface area (Å²) in [6, 6.07) is 35.0. The number of hydrogen-bond donors (Lipinski definition) is 1. The molecule has 31 heavy (non-hydrogen) atoms. The highest BCUT2D eigenvalue weighted by atomic mass is 16.1. The van der Waals surface area contributed by atoms with Crippen molar-refractivity contribution < 1.29 is 4.79 Å². The van der Waals surface area contributed by atoms with Gasteiger partial charge in [0.05, 0.1) is 11.6 Å². The average Bonchev–Trinajstić information content (AvgIpc) is 3.25. The van der Waals surface area contributed by atoms with Crippen molar-refractivity contribution >= 4 is 22.6 Å². The van der Waals surface area contributed by atoms with E-state index in [1.807, 2.05) is 109 Å². The Labute approximate surface area is 180 Å². The van der Waals surface area contributed by atoms with Gasteiger partial charge in [0.2, 0.25) is 5.91 Å². The SMILES string of the molecule is O=C(Nc1ccc2nn(-c3ccccc3)nc2c1)C(c1ccccc1)c1ccccc1. The van der Waals surface area contributed by atoms with E-state index in [0.29, 0.717) is 5.69 Å². The Bertz CT molecular complexity index is 1280. The van der Waals surface area contributed by atoms with Crippen LogP contribution in [-0.2, 0) is 4.79 Å². The second-order valence-corrected chi connectivity index (χ2v) is 7.27. The third-order valence-corrected chi connectivity index (χ3v) is 5.16. The predicted octanol–water partition coefficient (Wildman–Crippen LogP) is 5.19. The minimum Gasteiger partial charge on any atom is -0.325 e. The number of para-hydroxylation sites is 1. The van der Waals surface area contributed by atoms with Crippen LogP contribution in [0.3, 0.4) is 0 Å². The fourth-order valence-electron chi connectivity index (χ4n) is 3.67. The molecule has 0 aliphatic heterocycles. The predicted molar refractivity (Wildman–Crippen MR) is 122 cm³/mol. The van der Waals surface area contributed by atoms with Gasteiger partial charge in [-0.2, -0.15) is 4.80 Å². The van der Waals surface area contributed by atoms with Crippen LogP contribution in [0, 0.1) is 0 Å². The lowest BCUT2D eigenvalue weighted by atomic mass is 9.90. The zero-order valence-corrected chi connectivity index (χ0v) is 16.7. The first kappa shape index (κ1) is 18.8. The molecule has 0 aliphatic carbocycles. The number of carbonyl (C=O) groups excluding carboxylic acids is 1. The first-order chi connectivity index (χ1) is 15.3. The zero-order valence-electron chi connectivity index (χ0n) is 16.7. The van der Waals surface area contributed by atoms with Gasteiger partial charge in [-0.3, -0.25) is 4.79 Å². The van der Waals surface area contributed by atoms with Crippen molar-refractivity contribution in [2.24, 2.45) is 0 Å². The maximum absolute atomic E-state index is 13.3. The number of carbonyl (C=O) groups is 1. The van der Waals surface area contributed by atoms with Crippen LogP contribution in [0.15, 0.2) is 109 Å². The molecular weight excluding hydrogens is 384 g/mol. The van der Waals surface area contributed by atoms with Gasteiger partial charge in [-0.15, -0.1) is 10.2 Å². The molecule has 0 spiro atoms. The lowest BCUT2D eigenvalue weighted by Gasteiger charge is -2.18. The van der Waals surface area contributed by atoms with Crippen LogP contribution in [0.25, 0.3) is 16.7 Å². The van der Waals surface area contributed by atoms with Crippen molar-refractivity contribution in [3.63, 3.8) is 0 Å². The van der Waals surface area contributed by atoms with Gasteiger partial charge in [0.1, 0.15) is 11.0 Å². The number of hydrogen-bond acceptors (Lipinski definition) is 3. The summed E-state index contributed by atoms with van der Waals surface area (Å²) in [5, 5.41) is 12.2. The summed E-state index contributed by atoms with van der Waals surface area (Å²) >= 11 is 0. The number of benzene rings is 4. The van der Waals surface area contributed by atoms with Crippen LogP contribution in [0.4, 0.5) is 5.69 Å². The molecule has 0 saturated carbocycles. The van der Waals surface area contributed by atoms with Crippen molar-refractivity contribution in [3.05, 3.63) is 120 Å². The Hall–Kier alpha value is -4.25. The van der Waals surface area contributed by atoms with Crippen molar-refractivity contribution in [3.8, 4) is 5.69 Å². The molecule has 0 fully saturated rings. The second-order valence-electron chi connectivity index (χ2n) is 7.27. The van der Waals surface area contributed by atoms with Crippen molar-refractivity contribution in [1.29, 1.82) is 0 Å². The Morgan fingerprint density at radius 1 is 0.677 bits per heavy atom. The van der Waals surface area contributed by atoms with E-state index in [0.717, 1.165) is 27.8 Å². The number of aromatic nitrogens is 3. The van der Waals surface area contributed by atoms with Crippen LogP contribution in [0.1, 0.15) is 17.0 Å². The minimum absolute atomic E-state index is 0.0906. The molecule has 1 heterocycles. The summed E-state index contributed by atoms with van der Waals surface area (Å²) in [5.74, 6) is -0.495.